The number of hydrogen-bond acceptors (Lipinski definition) is 4. The summed E-state index contributed by atoms with van der Waals surface area (Å²) in [5.41, 5.74) is -0.624. The van der Waals surface area contributed by atoms with Crippen LogP contribution in [0.25, 0.3) is 0 Å². The van der Waals surface area contributed by atoms with E-state index in [-0.39, 0.29) is 11.8 Å². The highest BCUT2D eigenvalue weighted by molar-refractivity contribution is 6.01. The zero-order valence-electron chi connectivity index (χ0n) is 17.7. The van der Waals surface area contributed by atoms with E-state index in [1.807, 2.05) is 51.1 Å². The molecule has 152 valence electrons. The highest BCUT2D eigenvalue weighted by Crippen LogP contribution is 2.21. The minimum Gasteiger partial charge on any atom is -0.488 e. The molecule has 0 radical (unpaired) electrons. The summed E-state index contributed by atoms with van der Waals surface area (Å²) in [5, 5.41) is 0. The van der Waals surface area contributed by atoms with Crippen LogP contribution in [0, 0.1) is 0 Å². The molecule has 4 nitrogen and oxygen atoms in total. The Bertz CT molecular complexity index is 724. The van der Waals surface area contributed by atoms with Gasteiger partial charge in [-0.1, -0.05) is 49.1 Å². The Balaban J connectivity index is 2.54. The van der Waals surface area contributed by atoms with Gasteiger partial charge in [0.25, 0.3) is 0 Å². The van der Waals surface area contributed by atoms with Gasteiger partial charge in [0.1, 0.15) is 5.60 Å². The van der Waals surface area contributed by atoms with Crippen LogP contribution >= 0.6 is 0 Å². The summed E-state index contributed by atoms with van der Waals surface area (Å²) in [6, 6.07) is 9.04. The third kappa shape index (κ3) is 7.95. The van der Waals surface area contributed by atoms with Crippen molar-refractivity contribution in [3.05, 3.63) is 72.5 Å². The van der Waals surface area contributed by atoms with Crippen LogP contribution < -0.4 is 0 Å². The standard InChI is InChI=1S/C24H32O4/c1-7-8-10-14-19(2)22(26)28-23(3,4)17-13-18-27-24(5,6)21(25)20-15-11-9-12-16-20/h7-9,11-13,15-16,18H,2,10,14,17H2,1,3-6H3/b8-7-,18-13+. The van der Waals surface area contributed by atoms with E-state index in [2.05, 4.69) is 6.58 Å². The first-order chi connectivity index (χ1) is 13.1. The normalized spacial score (nSPS) is 12.3. The van der Waals surface area contributed by atoms with Crippen LogP contribution in [0.2, 0.25) is 0 Å². The minimum absolute atomic E-state index is 0.0964. The summed E-state index contributed by atoms with van der Waals surface area (Å²) in [7, 11) is 0. The lowest BCUT2D eigenvalue weighted by molar-refractivity contribution is -0.151. The van der Waals surface area contributed by atoms with E-state index >= 15 is 0 Å². The van der Waals surface area contributed by atoms with Crippen molar-refractivity contribution in [3.8, 4) is 0 Å². The number of rotatable bonds is 11. The van der Waals surface area contributed by atoms with Crippen molar-refractivity contribution in [1.29, 1.82) is 0 Å². The average Bonchev–Trinajstić information content (AvgIpc) is 2.65. The van der Waals surface area contributed by atoms with Crippen molar-refractivity contribution in [3.63, 3.8) is 0 Å². The van der Waals surface area contributed by atoms with Crippen LogP contribution in [0.4, 0.5) is 0 Å². The van der Waals surface area contributed by atoms with E-state index < -0.39 is 11.2 Å². The van der Waals surface area contributed by atoms with Crippen LogP contribution in [-0.4, -0.2) is 23.0 Å². The molecule has 0 N–H and O–H groups in total. The molecule has 1 aromatic rings. The van der Waals surface area contributed by atoms with Crippen LogP contribution in [0.5, 0.6) is 0 Å². The molecule has 0 aliphatic heterocycles. The Morgan fingerprint density at radius 2 is 1.71 bits per heavy atom. The second-order valence-electron chi connectivity index (χ2n) is 7.76. The zero-order valence-corrected chi connectivity index (χ0v) is 17.7. The third-order valence-electron chi connectivity index (χ3n) is 4.16. The molecule has 0 spiro atoms. The topological polar surface area (TPSA) is 52.6 Å². The number of benzene rings is 1. The van der Waals surface area contributed by atoms with Crippen LogP contribution in [0.1, 0.15) is 64.2 Å². The molecule has 0 heterocycles. The first-order valence-corrected chi connectivity index (χ1v) is 9.54. The van der Waals surface area contributed by atoms with E-state index in [0.717, 1.165) is 6.42 Å². The predicted molar refractivity (Wildman–Crippen MR) is 113 cm³/mol. The fourth-order valence-electron chi connectivity index (χ4n) is 2.43. The van der Waals surface area contributed by atoms with Crippen molar-refractivity contribution in [2.45, 2.75) is 65.1 Å². The second kappa shape index (κ2) is 10.6. The molecule has 4 heteroatoms. The SMILES string of the molecule is C=C(CC/C=C\C)C(=O)OC(C)(C)C/C=C/OC(C)(C)C(=O)c1ccccc1. The van der Waals surface area contributed by atoms with E-state index in [0.29, 0.717) is 24.0 Å². The van der Waals surface area contributed by atoms with Crippen molar-refractivity contribution in [2.75, 3.05) is 0 Å². The van der Waals surface area contributed by atoms with Gasteiger partial charge in [-0.05, 0) is 53.5 Å². The van der Waals surface area contributed by atoms with Crippen molar-refractivity contribution in [1.82, 2.24) is 0 Å². The Morgan fingerprint density at radius 3 is 2.32 bits per heavy atom. The molecule has 0 saturated heterocycles. The first-order valence-electron chi connectivity index (χ1n) is 9.54. The molecule has 1 aromatic carbocycles. The summed E-state index contributed by atoms with van der Waals surface area (Å²) < 4.78 is 11.2. The van der Waals surface area contributed by atoms with Gasteiger partial charge in [-0.3, -0.25) is 4.79 Å². The number of ketones is 1. The summed E-state index contributed by atoms with van der Waals surface area (Å²) in [5.74, 6) is -0.482. The van der Waals surface area contributed by atoms with E-state index in [1.54, 1.807) is 32.1 Å². The lowest BCUT2D eigenvalue weighted by atomic mass is 9.96. The number of carbonyl (C=O) groups is 2. The lowest BCUT2D eigenvalue weighted by Gasteiger charge is -2.25. The number of allylic oxidation sites excluding steroid dienone is 2. The van der Waals surface area contributed by atoms with Gasteiger partial charge in [-0.25, -0.2) is 4.79 Å². The molecule has 0 unspecified atom stereocenters. The number of carbonyl (C=O) groups excluding carboxylic acids is 2. The zero-order chi connectivity index (χ0) is 21.2. The largest absolute Gasteiger partial charge is 0.488 e. The van der Waals surface area contributed by atoms with Gasteiger partial charge < -0.3 is 9.47 Å². The van der Waals surface area contributed by atoms with Gasteiger partial charge in [0.2, 0.25) is 5.78 Å². The molecule has 0 fully saturated rings. The lowest BCUT2D eigenvalue weighted by Crippen LogP contribution is -2.33. The maximum atomic E-state index is 12.5. The van der Waals surface area contributed by atoms with Crippen LogP contribution in [0.3, 0.4) is 0 Å². The molecule has 0 amide bonds. The summed E-state index contributed by atoms with van der Waals surface area (Å²) in [6.45, 7) is 12.9. The van der Waals surface area contributed by atoms with Gasteiger partial charge in [0, 0.05) is 17.6 Å². The van der Waals surface area contributed by atoms with Crippen molar-refractivity contribution in [2.24, 2.45) is 0 Å². The quantitative estimate of drug-likeness (QED) is 0.159. The Morgan fingerprint density at radius 1 is 1.07 bits per heavy atom. The van der Waals surface area contributed by atoms with Crippen molar-refractivity contribution >= 4 is 11.8 Å². The Hall–Kier alpha value is -2.62. The van der Waals surface area contributed by atoms with Gasteiger partial charge >= 0.3 is 5.97 Å². The molecule has 28 heavy (non-hydrogen) atoms. The Labute approximate surface area is 168 Å². The molecule has 0 atom stereocenters. The van der Waals surface area contributed by atoms with Gasteiger partial charge in [0.05, 0.1) is 6.26 Å². The Kier molecular flexibility index (Phi) is 8.90. The summed E-state index contributed by atoms with van der Waals surface area (Å²) >= 11 is 0. The van der Waals surface area contributed by atoms with Crippen LogP contribution in [-0.2, 0) is 14.3 Å². The molecular formula is C24H32O4. The number of hydrogen-bond donors (Lipinski definition) is 0. The highest BCUT2D eigenvalue weighted by atomic mass is 16.6. The molecule has 0 aliphatic carbocycles. The monoisotopic (exact) mass is 384 g/mol. The first kappa shape index (κ1) is 23.4. The summed E-state index contributed by atoms with van der Waals surface area (Å²) in [6.07, 6.45) is 8.99. The van der Waals surface area contributed by atoms with E-state index in [1.165, 1.54) is 6.26 Å². The number of ether oxygens (including phenoxy) is 2. The fraction of sp³-hybridized carbons (Fsp3) is 0.417. The van der Waals surface area contributed by atoms with E-state index in [4.69, 9.17) is 9.47 Å². The highest BCUT2D eigenvalue weighted by Gasteiger charge is 2.29. The van der Waals surface area contributed by atoms with Crippen LogP contribution in [0.15, 0.2) is 67.0 Å². The molecule has 0 saturated carbocycles. The summed E-state index contributed by atoms with van der Waals surface area (Å²) in [4.78, 5) is 24.7. The third-order valence-corrected chi connectivity index (χ3v) is 4.16. The smallest absolute Gasteiger partial charge is 0.333 e. The van der Waals surface area contributed by atoms with Crippen molar-refractivity contribution < 1.29 is 19.1 Å². The predicted octanol–water partition coefficient (Wildman–Crippen LogP) is 5.80. The van der Waals surface area contributed by atoms with Gasteiger partial charge in [-0.2, -0.15) is 0 Å². The second-order valence-corrected chi connectivity index (χ2v) is 7.76. The maximum Gasteiger partial charge on any atom is 0.333 e. The molecule has 0 aliphatic rings. The fourth-order valence-corrected chi connectivity index (χ4v) is 2.43. The van der Waals surface area contributed by atoms with Gasteiger partial charge in [-0.15, -0.1) is 0 Å². The van der Waals surface area contributed by atoms with E-state index in [9.17, 15) is 9.59 Å². The molecule has 0 bridgehead atoms. The number of Topliss-reactive ketones (excluding diaryl/α,β-unsaturated/α-hetero) is 1. The average molecular weight is 385 g/mol. The number of esters is 1. The molecule has 1 rings (SSSR count). The van der Waals surface area contributed by atoms with Gasteiger partial charge in [0.15, 0.2) is 5.60 Å². The molecular weight excluding hydrogens is 352 g/mol. The maximum absolute atomic E-state index is 12.5. The minimum atomic E-state index is -0.986. The molecule has 0 aromatic heterocycles.